The topological polar surface area (TPSA) is 114 Å². The molecule has 0 bridgehead atoms. The van der Waals surface area contributed by atoms with Gasteiger partial charge in [0.05, 0.1) is 28.1 Å². The molecule has 3 aliphatic rings. The van der Waals surface area contributed by atoms with Crippen molar-refractivity contribution in [2.45, 2.75) is 57.1 Å². The lowest BCUT2D eigenvalue weighted by molar-refractivity contribution is -0.161. The van der Waals surface area contributed by atoms with Gasteiger partial charge in [-0.3, -0.25) is 0 Å². The monoisotopic (exact) mass is 508 g/mol. The summed E-state index contributed by atoms with van der Waals surface area (Å²) in [6.07, 6.45) is 5.61. The van der Waals surface area contributed by atoms with Crippen LogP contribution in [-0.2, 0) is 15.9 Å². The van der Waals surface area contributed by atoms with E-state index in [4.69, 9.17) is 32.5 Å². The van der Waals surface area contributed by atoms with Crippen molar-refractivity contribution >= 4 is 45.2 Å². The first-order valence-corrected chi connectivity index (χ1v) is 12.5. The van der Waals surface area contributed by atoms with Crippen molar-refractivity contribution in [3.8, 4) is 0 Å². The molecule has 0 spiro atoms. The van der Waals surface area contributed by atoms with Gasteiger partial charge in [0.1, 0.15) is 35.5 Å². The highest BCUT2D eigenvalue weighted by Crippen LogP contribution is 2.73. The molecule has 1 aliphatic heterocycles. The maximum absolute atomic E-state index is 15.1. The lowest BCUT2D eigenvalue weighted by Gasteiger charge is -2.24. The highest BCUT2D eigenvalue weighted by molar-refractivity contribution is 6.33. The van der Waals surface area contributed by atoms with Crippen molar-refractivity contribution < 1.29 is 13.9 Å². The Morgan fingerprint density at radius 1 is 1.17 bits per heavy atom. The number of benzene rings is 1. The first kappa shape index (κ1) is 22.2. The third-order valence-electron chi connectivity index (χ3n) is 8.31. The minimum Gasteiger partial charge on any atom is -0.383 e. The van der Waals surface area contributed by atoms with Gasteiger partial charge in [0.25, 0.3) is 0 Å². The molecule has 4 N–H and O–H groups in total. The van der Waals surface area contributed by atoms with Gasteiger partial charge >= 0.3 is 0 Å². The molecule has 186 valence electrons. The van der Waals surface area contributed by atoms with E-state index in [1.165, 1.54) is 12.4 Å². The molecule has 3 aromatic heterocycles. The number of rotatable bonds is 4. The molecule has 2 aliphatic carbocycles. The van der Waals surface area contributed by atoms with Crippen LogP contribution in [0.2, 0.25) is 5.02 Å². The van der Waals surface area contributed by atoms with E-state index in [9.17, 15) is 0 Å². The van der Waals surface area contributed by atoms with Gasteiger partial charge in [-0.2, -0.15) is 0 Å². The second kappa shape index (κ2) is 7.27. The molecule has 10 heteroatoms. The highest BCUT2D eigenvalue weighted by Gasteiger charge is 2.75. The lowest BCUT2D eigenvalue weighted by atomic mass is 9.91. The van der Waals surface area contributed by atoms with Crippen molar-refractivity contribution in [1.82, 2.24) is 19.5 Å². The fourth-order valence-corrected chi connectivity index (χ4v) is 6.81. The number of anilines is 2. The molecule has 3 fully saturated rings. The summed E-state index contributed by atoms with van der Waals surface area (Å²) in [6.45, 7) is 3.90. The van der Waals surface area contributed by atoms with Crippen LogP contribution in [0.25, 0.3) is 21.9 Å². The molecule has 0 amide bonds. The third kappa shape index (κ3) is 3.09. The van der Waals surface area contributed by atoms with Gasteiger partial charge in [-0.25, -0.2) is 19.3 Å². The van der Waals surface area contributed by atoms with E-state index in [1.54, 1.807) is 12.1 Å². The Hall–Kier alpha value is -3.01. The van der Waals surface area contributed by atoms with Crippen LogP contribution in [0, 0.1) is 17.2 Å². The summed E-state index contributed by atoms with van der Waals surface area (Å²) in [7, 11) is 0. The number of ether oxygens (including phenoxy) is 2. The number of aromatic nitrogens is 4. The van der Waals surface area contributed by atoms with Gasteiger partial charge in [-0.05, 0) is 68.9 Å². The second-order valence-electron chi connectivity index (χ2n) is 10.8. The van der Waals surface area contributed by atoms with Gasteiger partial charge in [0, 0.05) is 17.0 Å². The molecule has 7 rings (SSSR count). The molecule has 1 unspecified atom stereocenters. The molecule has 1 saturated heterocycles. The molecule has 8 nitrogen and oxygen atoms in total. The quantitative estimate of drug-likeness (QED) is 0.412. The van der Waals surface area contributed by atoms with E-state index in [2.05, 4.69) is 19.5 Å². The Kier molecular flexibility index (Phi) is 4.49. The lowest BCUT2D eigenvalue weighted by Crippen LogP contribution is -2.32. The van der Waals surface area contributed by atoms with E-state index in [1.807, 2.05) is 26.1 Å². The predicted octanol–water partition coefficient (Wildman–Crippen LogP) is 4.65. The van der Waals surface area contributed by atoms with Crippen LogP contribution >= 0.6 is 11.6 Å². The van der Waals surface area contributed by atoms with Gasteiger partial charge in [-0.1, -0.05) is 11.6 Å². The second-order valence-corrected chi connectivity index (χ2v) is 11.2. The normalized spacial score (nSPS) is 30.1. The average molecular weight is 509 g/mol. The van der Waals surface area contributed by atoms with Crippen LogP contribution in [-0.4, -0.2) is 37.5 Å². The smallest absolute Gasteiger partial charge is 0.163 e. The SMILES string of the molecule is CC1(C)O[C@H]2[C@H](n3ccc4c(N)ncnc43)[C@H]3CC3(CCc3cc4nc(N)c(Cl)cc4cc3F)[C@H]2O1. The first-order valence-electron chi connectivity index (χ1n) is 12.1. The molecule has 5 atom stereocenters. The van der Waals surface area contributed by atoms with Crippen LogP contribution in [0.5, 0.6) is 0 Å². The maximum Gasteiger partial charge on any atom is 0.163 e. The molecule has 4 aromatic rings. The van der Waals surface area contributed by atoms with Crippen LogP contribution in [0.3, 0.4) is 0 Å². The van der Waals surface area contributed by atoms with Gasteiger partial charge < -0.3 is 25.5 Å². The summed E-state index contributed by atoms with van der Waals surface area (Å²) in [5.74, 6) is 0.0663. The molecule has 36 heavy (non-hydrogen) atoms. The van der Waals surface area contributed by atoms with Crippen molar-refractivity contribution in [1.29, 1.82) is 0 Å². The summed E-state index contributed by atoms with van der Waals surface area (Å²) in [5, 5.41) is 1.78. The van der Waals surface area contributed by atoms with Crippen LogP contribution in [0.4, 0.5) is 16.0 Å². The molecular weight excluding hydrogens is 483 g/mol. The number of halogens is 2. The van der Waals surface area contributed by atoms with E-state index < -0.39 is 5.79 Å². The van der Waals surface area contributed by atoms with Gasteiger partial charge in [0.2, 0.25) is 0 Å². The van der Waals surface area contributed by atoms with Crippen LogP contribution in [0.15, 0.2) is 36.8 Å². The summed E-state index contributed by atoms with van der Waals surface area (Å²) < 4.78 is 30.2. The molecule has 1 aromatic carbocycles. The number of nitrogen functional groups attached to an aromatic ring is 2. The minimum atomic E-state index is -0.694. The van der Waals surface area contributed by atoms with Crippen molar-refractivity contribution in [2.75, 3.05) is 11.5 Å². The molecule has 0 radical (unpaired) electrons. The number of nitrogens with zero attached hydrogens (tertiary/aromatic N) is 4. The van der Waals surface area contributed by atoms with Crippen molar-refractivity contribution in [3.63, 3.8) is 0 Å². The van der Waals surface area contributed by atoms with E-state index >= 15 is 4.39 Å². The number of nitrogens with two attached hydrogens (primary N) is 2. The summed E-state index contributed by atoms with van der Waals surface area (Å²) in [5.41, 5.74) is 13.9. The standard InChI is InChI=1S/C26H26ClFN6O2/c1-25(2)35-20-19(34-6-4-14-22(29)31-11-32-24(14)34)15-10-26(15,21(20)36-25)5-3-12-9-18-13(8-17(12)28)7-16(27)23(30)33-18/h4,6-9,11,15,19-21H,3,5,10H2,1-2H3,(H2,30,33)(H2,29,31,32)/t15-,19-,20+,21+,26?/m1/s1. The number of pyridine rings is 1. The predicted molar refractivity (Wildman–Crippen MR) is 135 cm³/mol. The molecule has 4 heterocycles. The van der Waals surface area contributed by atoms with Crippen molar-refractivity contribution in [2.24, 2.45) is 11.3 Å². The number of hydrogen-bond donors (Lipinski definition) is 2. The van der Waals surface area contributed by atoms with E-state index in [0.29, 0.717) is 39.6 Å². The Balaban J connectivity index is 1.23. The number of hydrogen-bond acceptors (Lipinski definition) is 7. The summed E-state index contributed by atoms with van der Waals surface area (Å²) >= 11 is 6.07. The maximum atomic E-state index is 15.1. The fourth-order valence-electron chi connectivity index (χ4n) is 6.65. The van der Waals surface area contributed by atoms with Crippen LogP contribution < -0.4 is 11.5 Å². The zero-order valence-electron chi connectivity index (χ0n) is 19.9. The average Bonchev–Trinajstić information content (AvgIpc) is 3.08. The zero-order chi connectivity index (χ0) is 25.0. The Morgan fingerprint density at radius 3 is 2.83 bits per heavy atom. The Bertz CT molecular complexity index is 1560. The van der Waals surface area contributed by atoms with Crippen molar-refractivity contribution in [3.05, 3.63) is 53.2 Å². The number of fused-ring (bicyclic) bond motifs is 5. The van der Waals surface area contributed by atoms with E-state index in [-0.39, 0.29) is 35.3 Å². The molecular formula is C26H26ClFN6O2. The number of aryl methyl sites for hydroxylation is 1. The first-order chi connectivity index (χ1) is 17.2. The fraction of sp³-hybridized carbons (Fsp3) is 0.423. The Labute approximate surface area is 211 Å². The summed E-state index contributed by atoms with van der Waals surface area (Å²) in [4.78, 5) is 13.0. The Morgan fingerprint density at radius 2 is 2.00 bits per heavy atom. The minimum absolute atomic E-state index is 0.0497. The third-order valence-corrected chi connectivity index (χ3v) is 8.61. The van der Waals surface area contributed by atoms with E-state index in [0.717, 1.165) is 23.9 Å². The molecule has 2 saturated carbocycles. The highest BCUT2D eigenvalue weighted by atomic mass is 35.5. The van der Waals surface area contributed by atoms with Gasteiger partial charge in [-0.15, -0.1) is 0 Å². The van der Waals surface area contributed by atoms with Crippen LogP contribution in [0.1, 0.15) is 38.3 Å². The largest absolute Gasteiger partial charge is 0.383 e. The van der Waals surface area contributed by atoms with Gasteiger partial charge in [0.15, 0.2) is 5.79 Å². The summed E-state index contributed by atoms with van der Waals surface area (Å²) in [6, 6.07) is 6.92. The zero-order valence-corrected chi connectivity index (χ0v) is 20.7.